The van der Waals surface area contributed by atoms with Crippen molar-refractivity contribution in [3.8, 4) is 0 Å². The maximum atomic E-state index is 5.45. The van der Waals surface area contributed by atoms with Crippen LogP contribution in [0, 0.1) is 5.92 Å². The molecule has 0 spiro atoms. The zero-order chi connectivity index (χ0) is 13.1. The minimum Gasteiger partial charge on any atom is -0.339 e. The minimum atomic E-state index is 0.262. The van der Waals surface area contributed by atoms with Crippen molar-refractivity contribution in [2.75, 3.05) is 26.7 Å². The fourth-order valence-electron chi connectivity index (χ4n) is 3.22. The molecule has 1 aromatic heterocycles. The van der Waals surface area contributed by atoms with Crippen LogP contribution in [0.4, 0.5) is 0 Å². The molecular weight excluding hydrogens is 240 g/mol. The molecule has 2 fully saturated rings. The molecule has 5 nitrogen and oxygen atoms in total. The van der Waals surface area contributed by atoms with Gasteiger partial charge >= 0.3 is 0 Å². The Balaban J connectivity index is 1.61. The van der Waals surface area contributed by atoms with E-state index >= 15 is 0 Å². The van der Waals surface area contributed by atoms with Gasteiger partial charge in [0.2, 0.25) is 5.89 Å². The number of hydrogen-bond acceptors (Lipinski definition) is 5. The van der Waals surface area contributed by atoms with Crippen LogP contribution in [-0.2, 0) is 6.42 Å². The highest BCUT2D eigenvalue weighted by atomic mass is 16.5. The van der Waals surface area contributed by atoms with E-state index in [1.807, 2.05) is 0 Å². The van der Waals surface area contributed by atoms with Crippen LogP contribution in [0.15, 0.2) is 4.52 Å². The van der Waals surface area contributed by atoms with Gasteiger partial charge in [-0.3, -0.25) is 4.90 Å². The van der Waals surface area contributed by atoms with Gasteiger partial charge in [0.1, 0.15) is 0 Å². The molecule has 1 aliphatic heterocycles. The van der Waals surface area contributed by atoms with Gasteiger partial charge in [0.05, 0.1) is 6.04 Å². The summed E-state index contributed by atoms with van der Waals surface area (Å²) in [6.07, 6.45) is 7.73. The Labute approximate surface area is 114 Å². The Morgan fingerprint density at radius 3 is 2.95 bits per heavy atom. The van der Waals surface area contributed by atoms with E-state index in [0.29, 0.717) is 0 Å². The van der Waals surface area contributed by atoms with E-state index in [-0.39, 0.29) is 6.04 Å². The molecule has 0 amide bonds. The largest absolute Gasteiger partial charge is 0.339 e. The van der Waals surface area contributed by atoms with Crippen LogP contribution < -0.4 is 5.32 Å². The normalized spacial score (nSPS) is 26.7. The highest BCUT2D eigenvalue weighted by molar-refractivity contribution is 4.98. The molecule has 1 saturated carbocycles. The minimum absolute atomic E-state index is 0.262. The monoisotopic (exact) mass is 264 g/mol. The van der Waals surface area contributed by atoms with Crippen molar-refractivity contribution in [2.45, 2.75) is 44.6 Å². The average molecular weight is 264 g/mol. The summed E-state index contributed by atoms with van der Waals surface area (Å²) in [6.45, 7) is 3.00. The van der Waals surface area contributed by atoms with Crippen LogP contribution in [0.3, 0.4) is 0 Å². The molecule has 1 saturated heterocycles. The third-order valence-electron chi connectivity index (χ3n) is 4.48. The number of rotatable bonds is 3. The summed E-state index contributed by atoms with van der Waals surface area (Å²) in [4.78, 5) is 6.92. The molecule has 1 unspecified atom stereocenters. The van der Waals surface area contributed by atoms with Crippen molar-refractivity contribution in [1.29, 1.82) is 0 Å². The third kappa shape index (κ3) is 3.15. The highest BCUT2D eigenvalue weighted by Gasteiger charge is 2.26. The highest BCUT2D eigenvalue weighted by Crippen LogP contribution is 2.27. The molecule has 106 valence electrons. The molecular formula is C14H24N4O. The Kier molecular flexibility index (Phi) is 4.13. The lowest BCUT2D eigenvalue weighted by Gasteiger charge is -2.30. The Hall–Kier alpha value is -0.940. The van der Waals surface area contributed by atoms with Crippen molar-refractivity contribution >= 4 is 0 Å². The lowest BCUT2D eigenvalue weighted by Crippen LogP contribution is -2.44. The molecule has 0 radical (unpaired) electrons. The maximum absolute atomic E-state index is 5.45. The summed E-state index contributed by atoms with van der Waals surface area (Å²) in [5.74, 6) is 2.44. The summed E-state index contributed by atoms with van der Waals surface area (Å²) in [5, 5.41) is 7.58. The zero-order valence-corrected chi connectivity index (χ0v) is 11.8. The van der Waals surface area contributed by atoms with Gasteiger partial charge in [-0.2, -0.15) is 4.98 Å². The van der Waals surface area contributed by atoms with Crippen molar-refractivity contribution in [3.63, 3.8) is 0 Å². The van der Waals surface area contributed by atoms with Gasteiger partial charge in [-0.15, -0.1) is 0 Å². The molecule has 1 aliphatic carbocycles. The van der Waals surface area contributed by atoms with Crippen LogP contribution in [0.2, 0.25) is 0 Å². The first kappa shape index (κ1) is 13.1. The second kappa shape index (κ2) is 6.01. The topological polar surface area (TPSA) is 54.2 Å². The predicted octanol–water partition coefficient (Wildman–Crippen LogP) is 1.77. The van der Waals surface area contributed by atoms with E-state index < -0.39 is 0 Å². The van der Waals surface area contributed by atoms with Crippen molar-refractivity contribution in [3.05, 3.63) is 11.7 Å². The number of piperazine rings is 1. The first-order valence-electron chi connectivity index (χ1n) is 7.56. The van der Waals surface area contributed by atoms with Crippen LogP contribution in [0.1, 0.15) is 49.9 Å². The van der Waals surface area contributed by atoms with Crippen molar-refractivity contribution in [2.24, 2.45) is 5.92 Å². The quantitative estimate of drug-likeness (QED) is 0.901. The second-order valence-electron chi connectivity index (χ2n) is 5.96. The van der Waals surface area contributed by atoms with Crippen LogP contribution >= 0.6 is 0 Å². The van der Waals surface area contributed by atoms with Gasteiger partial charge in [0, 0.05) is 26.1 Å². The molecule has 2 heterocycles. The van der Waals surface area contributed by atoms with E-state index in [1.54, 1.807) is 0 Å². The smallest absolute Gasteiger partial charge is 0.226 e. The molecule has 1 aromatic rings. The molecule has 19 heavy (non-hydrogen) atoms. The fourth-order valence-corrected chi connectivity index (χ4v) is 3.22. The molecule has 3 rings (SSSR count). The molecule has 0 aromatic carbocycles. The summed E-state index contributed by atoms with van der Waals surface area (Å²) in [7, 11) is 2.13. The summed E-state index contributed by atoms with van der Waals surface area (Å²) in [6, 6.07) is 0.262. The van der Waals surface area contributed by atoms with Gasteiger partial charge < -0.3 is 9.84 Å². The Morgan fingerprint density at radius 2 is 2.16 bits per heavy atom. The molecule has 5 heteroatoms. The summed E-state index contributed by atoms with van der Waals surface area (Å²) < 4.78 is 5.45. The van der Waals surface area contributed by atoms with Gasteiger partial charge in [-0.25, -0.2) is 0 Å². The first-order valence-corrected chi connectivity index (χ1v) is 7.56. The lowest BCUT2D eigenvalue weighted by molar-refractivity contribution is 0.190. The van der Waals surface area contributed by atoms with Gasteiger partial charge in [-0.1, -0.05) is 24.4 Å². The van der Waals surface area contributed by atoms with E-state index in [1.165, 1.54) is 32.1 Å². The van der Waals surface area contributed by atoms with Gasteiger partial charge in [0.15, 0.2) is 5.82 Å². The number of nitrogens with zero attached hydrogens (tertiary/aromatic N) is 3. The number of likely N-dealkylation sites (N-methyl/N-ethyl adjacent to an activating group) is 1. The van der Waals surface area contributed by atoms with Crippen LogP contribution in [0.25, 0.3) is 0 Å². The Bertz CT molecular complexity index is 400. The van der Waals surface area contributed by atoms with E-state index in [4.69, 9.17) is 4.52 Å². The van der Waals surface area contributed by atoms with E-state index in [2.05, 4.69) is 27.4 Å². The second-order valence-corrected chi connectivity index (χ2v) is 5.96. The molecule has 1 N–H and O–H groups in total. The molecule has 2 aliphatic rings. The third-order valence-corrected chi connectivity index (χ3v) is 4.48. The van der Waals surface area contributed by atoms with Gasteiger partial charge in [0.25, 0.3) is 0 Å². The van der Waals surface area contributed by atoms with E-state index in [0.717, 1.165) is 43.7 Å². The number of aromatic nitrogens is 2. The van der Waals surface area contributed by atoms with Crippen LogP contribution in [-0.4, -0.2) is 41.7 Å². The summed E-state index contributed by atoms with van der Waals surface area (Å²) in [5.41, 5.74) is 0. The van der Waals surface area contributed by atoms with Gasteiger partial charge in [-0.05, 0) is 25.8 Å². The summed E-state index contributed by atoms with van der Waals surface area (Å²) >= 11 is 0. The first-order chi connectivity index (χ1) is 9.33. The standard InChI is InChI=1S/C14H24N4O/c1-18-8-7-15-10-12(18)14-16-13(19-17-14)9-11-5-3-2-4-6-11/h11-12,15H,2-10H2,1H3. The predicted molar refractivity (Wildman–Crippen MR) is 72.8 cm³/mol. The average Bonchev–Trinajstić information content (AvgIpc) is 2.89. The molecule has 1 atom stereocenters. The van der Waals surface area contributed by atoms with Crippen LogP contribution in [0.5, 0.6) is 0 Å². The zero-order valence-electron chi connectivity index (χ0n) is 11.8. The maximum Gasteiger partial charge on any atom is 0.226 e. The SMILES string of the molecule is CN1CCNCC1c1noc(CC2CCCCC2)n1. The van der Waals surface area contributed by atoms with Crippen molar-refractivity contribution < 1.29 is 4.52 Å². The molecule has 0 bridgehead atoms. The number of hydrogen-bond donors (Lipinski definition) is 1. The van der Waals surface area contributed by atoms with E-state index in [9.17, 15) is 0 Å². The Morgan fingerprint density at radius 1 is 1.32 bits per heavy atom. The number of nitrogens with one attached hydrogen (secondary N) is 1. The van der Waals surface area contributed by atoms with Crippen molar-refractivity contribution in [1.82, 2.24) is 20.4 Å². The lowest BCUT2D eigenvalue weighted by atomic mass is 9.87. The fraction of sp³-hybridized carbons (Fsp3) is 0.857.